The molecule has 0 fully saturated rings. The van der Waals surface area contributed by atoms with Crippen LogP contribution in [0, 0.1) is 0 Å². The first-order chi connectivity index (χ1) is 10.2. The summed E-state index contributed by atoms with van der Waals surface area (Å²) < 4.78 is 0. The number of carbonyl (C=O) groups is 1. The molecule has 2 N–H and O–H groups in total. The van der Waals surface area contributed by atoms with E-state index in [-0.39, 0.29) is 6.04 Å². The minimum Gasteiger partial charge on any atom is -0.324 e. The predicted octanol–water partition coefficient (Wildman–Crippen LogP) is 4.28. The minimum atomic E-state index is 0.144. The highest BCUT2D eigenvalue weighted by Crippen LogP contribution is 2.18. The fourth-order valence-electron chi connectivity index (χ4n) is 2.42. The Morgan fingerprint density at radius 2 is 1.57 bits per heavy atom. The maximum atomic E-state index is 10.6. The average molecular weight is 281 g/mol. The van der Waals surface area contributed by atoms with Gasteiger partial charge < -0.3 is 5.73 Å². The average Bonchev–Trinajstić information content (AvgIpc) is 2.54. The Kier molecular flexibility index (Phi) is 5.70. The number of aldehydes is 1. The van der Waals surface area contributed by atoms with E-state index in [9.17, 15) is 4.79 Å². The van der Waals surface area contributed by atoms with Crippen molar-refractivity contribution < 1.29 is 4.79 Å². The summed E-state index contributed by atoms with van der Waals surface area (Å²) in [7, 11) is 0. The van der Waals surface area contributed by atoms with Crippen LogP contribution in [0.3, 0.4) is 0 Å². The van der Waals surface area contributed by atoms with Crippen LogP contribution in [0.2, 0.25) is 0 Å². The van der Waals surface area contributed by atoms with Crippen LogP contribution in [0.1, 0.15) is 59.3 Å². The zero-order valence-electron chi connectivity index (χ0n) is 12.6. The third kappa shape index (κ3) is 4.54. The number of hydrogen-bond acceptors (Lipinski definition) is 2. The molecule has 21 heavy (non-hydrogen) atoms. The van der Waals surface area contributed by atoms with E-state index in [1.165, 1.54) is 29.5 Å². The van der Waals surface area contributed by atoms with Gasteiger partial charge >= 0.3 is 0 Å². The summed E-state index contributed by atoms with van der Waals surface area (Å²) in [5.41, 5.74) is 10.6. The normalized spacial score (nSPS) is 12.1. The molecule has 0 amide bonds. The molecule has 0 bridgehead atoms. The molecule has 0 aromatic heterocycles. The molecule has 110 valence electrons. The number of hydrogen-bond donors (Lipinski definition) is 1. The highest BCUT2D eigenvalue weighted by molar-refractivity contribution is 5.74. The van der Waals surface area contributed by atoms with E-state index in [2.05, 4.69) is 31.2 Å². The lowest BCUT2D eigenvalue weighted by molar-refractivity contribution is 0.112. The SMILES string of the molecule is CCCCC(N)c1ccc(Cc2ccc(C=O)cc2)cc1. The van der Waals surface area contributed by atoms with Crippen molar-refractivity contribution in [3.05, 3.63) is 70.8 Å². The van der Waals surface area contributed by atoms with E-state index < -0.39 is 0 Å². The van der Waals surface area contributed by atoms with Gasteiger partial charge in [-0.25, -0.2) is 0 Å². The number of nitrogens with two attached hydrogens (primary N) is 1. The third-order valence-corrected chi connectivity index (χ3v) is 3.80. The minimum absolute atomic E-state index is 0.144. The number of carbonyl (C=O) groups excluding carboxylic acids is 1. The van der Waals surface area contributed by atoms with Crippen molar-refractivity contribution in [2.45, 2.75) is 38.6 Å². The predicted molar refractivity (Wildman–Crippen MR) is 87.5 cm³/mol. The van der Waals surface area contributed by atoms with Gasteiger partial charge in [0, 0.05) is 11.6 Å². The van der Waals surface area contributed by atoms with Gasteiger partial charge in [0.1, 0.15) is 6.29 Å². The maximum absolute atomic E-state index is 10.6. The van der Waals surface area contributed by atoms with Gasteiger partial charge in [-0.15, -0.1) is 0 Å². The van der Waals surface area contributed by atoms with Crippen LogP contribution in [0.15, 0.2) is 48.5 Å². The lowest BCUT2D eigenvalue weighted by atomic mass is 9.98. The first-order valence-corrected chi connectivity index (χ1v) is 7.61. The summed E-state index contributed by atoms with van der Waals surface area (Å²) >= 11 is 0. The number of unbranched alkanes of at least 4 members (excludes halogenated alkanes) is 1. The maximum Gasteiger partial charge on any atom is 0.150 e. The summed E-state index contributed by atoms with van der Waals surface area (Å²) in [6, 6.07) is 16.4. The van der Waals surface area contributed by atoms with E-state index >= 15 is 0 Å². The molecule has 2 heteroatoms. The molecule has 2 rings (SSSR count). The van der Waals surface area contributed by atoms with Crippen molar-refractivity contribution in [2.75, 3.05) is 0 Å². The zero-order chi connectivity index (χ0) is 15.1. The summed E-state index contributed by atoms with van der Waals surface area (Å²) in [6.45, 7) is 2.19. The lowest BCUT2D eigenvalue weighted by Crippen LogP contribution is -2.09. The fraction of sp³-hybridized carbons (Fsp3) is 0.316. The van der Waals surface area contributed by atoms with Crippen molar-refractivity contribution in [3.63, 3.8) is 0 Å². The van der Waals surface area contributed by atoms with E-state index in [4.69, 9.17) is 5.73 Å². The number of rotatable bonds is 7. The molecule has 2 aromatic rings. The fourth-order valence-corrected chi connectivity index (χ4v) is 2.42. The molecular weight excluding hydrogens is 258 g/mol. The van der Waals surface area contributed by atoms with Gasteiger partial charge in [-0.2, -0.15) is 0 Å². The molecule has 0 spiro atoms. The standard InChI is InChI=1S/C19H23NO/c1-2-3-4-19(20)18-11-9-16(10-12-18)13-15-5-7-17(14-21)8-6-15/h5-12,14,19H,2-4,13,20H2,1H3. The van der Waals surface area contributed by atoms with Crippen molar-refractivity contribution >= 4 is 6.29 Å². The van der Waals surface area contributed by atoms with Crippen LogP contribution in [-0.4, -0.2) is 6.29 Å². The molecule has 1 unspecified atom stereocenters. The van der Waals surface area contributed by atoms with Crippen molar-refractivity contribution in [1.29, 1.82) is 0 Å². The second kappa shape index (κ2) is 7.75. The molecule has 1 atom stereocenters. The smallest absolute Gasteiger partial charge is 0.150 e. The van der Waals surface area contributed by atoms with Gasteiger partial charge in [-0.05, 0) is 29.5 Å². The molecule has 0 aliphatic carbocycles. The molecule has 0 heterocycles. The van der Waals surface area contributed by atoms with Crippen LogP contribution >= 0.6 is 0 Å². The summed E-state index contributed by atoms with van der Waals surface area (Å²) in [5.74, 6) is 0. The molecule has 0 radical (unpaired) electrons. The van der Waals surface area contributed by atoms with Crippen LogP contribution in [0.4, 0.5) is 0 Å². The highest BCUT2D eigenvalue weighted by atomic mass is 16.1. The van der Waals surface area contributed by atoms with Crippen LogP contribution in [0.5, 0.6) is 0 Å². The Balaban J connectivity index is 1.99. The first-order valence-electron chi connectivity index (χ1n) is 7.61. The van der Waals surface area contributed by atoms with Gasteiger partial charge in [0.05, 0.1) is 0 Å². The largest absolute Gasteiger partial charge is 0.324 e. The Bertz CT molecular complexity index is 557. The van der Waals surface area contributed by atoms with Crippen molar-refractivity contribution in [2.24, 2.45) is 5.73 Å². The molecule has 0 aliphatic rings. The van der Waals surface area contributed by atoms with Crippen LogP contribution < -0.4 is 5.73 Å². The van der Waals surface area contributed by atoms with E-state index in [0.717, 1.165) is 24.7 Å². The Labute approximate surface area is 127 Å². The van der Waals surface area contributed by atoms with E-state index in [1.54, 1.807) is 0 Å². The molecule has 2 nitrogen and oxygen atoms in total. The Hall–Kier alpha value is -1.93. The molecule has 2 aromatic carbocycles. The van der Waals surface area contributed by atoms with Crippen molar-refractivity contribution in [1.82, 2.24) is 0 Å². The quantitative estimate of drug-likeness (QED) is 0.770. The zero-order valence-corrected chi connectivity index (χ0v) is 12.6. The number of benzene rings is 2. The molecule has 0 aliphatic heterocycles. The van der Waals surface area contributed by atoms with Crippen LogP contribution in [0.25, 0.3) is 0 Å². The summed E-state index contributed by atoms with van der Waals surface area (Å²) in [6.07, 6.45) is 5.15. The second-order valence-corrected chi connectivity index (χ2v) is 5.53. The third-order valence-electron chi connectivity index (χ3n) is 3.80. The van der Waals surface area contributed by atoms with E-state index in [0.29, 0.717) is 0 Å². The van der Waals surface area contributed by atoms with E-state index in [1.807, 2.05) is 24.3 Å². The second-order valence-electron chi connectivity index (χ2n) is 5.53. The van der Waals surface area contributed by atoms with Gasteiger partial charge in [0.25, 0.3) is 0 Å². The van der Waals surface area contributed by atoms with Crippen LogP contribution in [-0.2, 0) is 6.42 Å². The van der Waals surface area contributed by atoms with Gasteiger partial charge in [-0.3, -0.25) is 4.79 Å². The lowest BCUT2D eigenvalue weighted by Gasteiger charge is -2.12. The van der Waals surface area contributed by atoms with Gasteiger partial charge in [0.15, 0.2) is 0 Å². The molecule has 0 saturated carbocycles. The summed E-state index contributed by atoms with van der Waals surface area (Å²) in [4.78, 5) is 10.6. The Morgan fingerprint density at radius 3 is 2.10 bits per heavy atom. The van der Waals surface area contributed by atoms with Gasteiger partial charge in [-0.1, -0.05) is 68.3 Å². The first kappa shape index (κ1) is 15.5. The monoisotopic (exact) mass is 281 g/mol. The van der Waals surface area contributed by atoms with Crippen molar-refractivity contribution in [3.8, 4) is 0 Å². The Morgan fingerprint density at radius 1 is 1.00 bits per heavy atom. The molecule has 0 saturated heterocycles. The van der Waals surface area contributed by atoms with Gasteiger partial charge in [0.2, 0.25) is 0 Å². The highest BCUT2D eigenvalue weighted by Gasteiger charge is 2.05. The molecular formula is C19H23NO. The topological polar surface area (TPSA) is 43.1 Å². The summed E-state index contributed by atoms with van der Waals surface area (Å²) in [5, 5.41) is 0.